The molecule has 4 heteroatoms. The predicted molar refractivity (Wildman–Crippen MR) is 39.1 cm³/mol. The van der Waals surface area contributed by atoms with Crippen molar-refractivity contribution in [2.75, 3.05) is 13.1 Å². The lowest BCUT2D eigenvalue weighted by Crippen LogP contribution is -2.70. The zero-order chi connectivity index (χ0) is 7.14. The van der Waals surface area contributed by atoms with E-state index in [9.17, 15) is 0 Å². The van der Waals surface area contributed by atoms with Crippen LogP contribution in [-0.4, -0.2) is 36.4 Å². The lowest BCUT2D eigenvalue weighted by Gasteiger charge is -2.49. The summed E-state index contributed by atoms with van der Waals surface area (Å²) >= 11 is 0. The van der Waals surface area contributed by atoms with Gasteiger partial charge in [-0.15, -0.1) is 0 Å². The van der Waals surface area contributed by atoms with Gasteiger partial charge in [-0.05, 0) is 6.42 Å². The standard InChI is InChI=1S/C6H14N4/c7-6(8)10-2-4-1-5(3-10)9-4/h4-6,9H,1-3,7-8H2. The molecular formula is C6H14N4. The van der Waals surface area contributed by atoms with Crippen LogP contribution in [0.2, 0.25) is 0 Å². The van der Waals surface area contributed by atoms with E-state index in [0.29, 0.717) is 12.1 Å². The Morgan fingerprint density at radius 1 is 1.30 bits per heavy atom. The maximum absolute atomic E-state index is 5.53. The predicted octanol–water partition coefficient (Wildman–Crippen LogP) is -1.77. The Morgan fingerprint density at radius 2 is 1.80 bits per heavy atom. The molecule has 10 heavy (non-hydrogen) atoms. The van der Waals surface area contributed by atoms with E-state index in [1.165, 1.54) is 6.42 Å². The first-order chi connectivity index (χ1) is 4.75. The molecule has 0 aromatic heterocycles. The second-order valence-electron chi connectivity index (χ2n) is 3.24. The maximum atomic E-state index is 5.53. The van der Waals surface area contributed by atoms with Crippen molar-refractivity contribution in [1.82, 2.24) is 10.2 Å². The van der Waals surface area contributed by atoms with Crippen molar-refractivity contribution in [2.24, 2.45) is 11.5 Å². The molecule has 2 unspecified atom stereocenters. The third-order valence-corrected chi connectivity index (χ3v) is 2.37. The molecule has 58 valence electrons. The summed E-state index contributed by atoms with van der Waals surface area (Å²) in [6.07, 6.45) is 1.05. The summed E-state index contributed by atoms with van der Waals surface area (Å²) in [7, 11) is 0. The number of nitrogens with two attached hydrogens (primary N) is 2. The van der Waals surface area contributed by atoms with E-state index in [1.807, 2.05) is 0 Å². The van der Waals surface area contributed by atoms with Gasteiger partial charge in [0.2, 0.25) is 0 Å². The third kappa shape index (κ3) is 0.932. The van der Waals surface area contributed by atoms with Gasteiger partial charge < -0.3 is 16.8 Å². The fraction of sp³-hybridized carbons (Fsp3) is 1.00. The zero-order valence-electron chi connectivity index (χ0n) is 5.96. The minimum Gasteiger partial charge on any atom is -0.309 e. The second-order valence-corrected chi connectivity index (χ2v) is 3.24. The molecule has 0 aromatic rings. The lowest BCUT2D eigenvalue weighted by molar-refractivity contribution is 0.0492. The van der Waals surface area contributed by atoms with Gasteiger partial charge in [0.25, 0.3) is 0 Å². The molecule has 0 saturated carbocycles. The summed E-state index contributed by atoms with van der Waals surface area (Å²) in [5.41, 5.74) is 11.1. The molecule has 3 fully saturated rings. The van der Waals surface area contributed by atoms with Crippen LogP contribution in [0.25, 0.3) is 0 Å². The summed E-state index contributed by atoms with van der Waals surface area (Å²) in [6, 6.07) is 1.32. The highest BCUT2D eigenvalue weighted by Gasteiger charge is 2.37. The number of piperazine rings is 1. The Kier molecular flexibility index (Phi) is 1.42. The molecule has 0 spiro atoms. The molecule has 3 aliphatic heterocycles. The minimum atomic E-state index is -0.257. The van der Waals surface area contributed by atoms with E-state index >= 15 is 0 Å². The topological polar surface area (TPSA) is 67.3 Å². The van der Waals surface area contributed by atoms with E-state index in [-0.39, 0.29) is 6.29 Å². The highest BCUT2D eigenvalue weighted by molar-refractivity contribution is 4.97. The van der Waals surface area contributed by atoms with Gasteiger partial charge in [-0.3, -0.25) is 4.90 Å². The van der Waals surface area contributed by atoms with Crippen molar-refractivity contribution >= 4 is 0 Å². The van der Waals surface area contributed by atoms with Gasteiger partial charge >= 0.3 is 0 Å². The SMILES string of the molecule is NC(N)N1CC2CC(C1)N2. The largest absolute Gasteiger partial charge is 0.309 e. The average Bonchev–Trinajstić information content (AvgIpc) is 1.86. The number of nitrogens with one attached hydrogen (secondary N) is 1. The Morgan fingerprint density at radius 3 is 2.10 bits per heavy atom. The van der Waals surface area contributed by atoms with E-state index in [2.05, 4.69) is 10.2 Å². The van der Waals surface area contributed by atoms with Crippen molar-refractivity contribution in [2.45, 2.75) is 24.8 Å². The molecule has 3 saturated heterocycles. The summed E-state index contributed by atoms with van der Waals surface area (Å²) in [5.74, 6) is 0. The maximum Gasteiger partial charge on any atom is 0.109 e. The molecule has 0 amide bonds. The summed E-state index contributed by atoms with van der Waals surface area (Å²) in [5, 5.41) is 3.41. The van der Waals surface area contributed by atoms with Gasteiger partial charge in [-0.1, -0.05) is 0 Å². The molecule has 0 radical (unpaired) electrons. The Balaban J connectivity index is 1.91. The monoisotopic (exact) mass is 142 g/mol. The quantitative estimate of drug-likeness (QED) is 0.379. The van der Waals surface area contributed by atoms with Crippen molar-refractivity contribution < 1.29 is 0 Å². The van der Waals surface area contributed by atoms with E-state index in [0.717, 1.165) is 13.1 Å². The van der Waals surface area contributed by atoms with Gasteiger partial charge in [0.1, 0.15) is 6.29 Å². The number of fused-ring (bicyclic) bond motifs is 2. The minimum absolute atomic E-state index is 0.257. The van der Waals surface area contributed by atoms with Crippen molar-refractivity contribution in [3.63, 3.8) is 0 Å². The highest BCUT2D eigenvalue weighted by atomic mass is 15.3. The van der Waals surface area contributed by atoms with Crippen LogP contribution in [0.15, 0.2) is 0 Å². The Bertz CT molecular complexity index is 120. The van der Waals surface area contributed by atoms with E-state index < -0.39 is 0 Å². The normalized spacial score (nSPS) is 39.9. The smallest absolute Gasteiger partial charge is 0.109 e. The first-order valence-corrected chi connectivity index (χ1v) is 3.77. The molecule has 5 N–H and O–H groups in total. The first-order valence-electron chi connectivity index (χ1n) is 3.77. The third-order valence-electron chi connectivity index (χ3n) is 2.37. The van der Waals surface area contributed by atoms with Crippen molar-refractivity contribution in [1.29, 1.82) is 0 Å². The number of hydrogen-bond acceptors (Lipinski definition) is 4. The Labute approximate surface area is 60.5 Å². The molecular weight excluding hydrogens is 128 g/mol. The highest BCUT2D eigenvalue weighted by Crippen LogP contribution is 2.20. The molecule has 3 rings (SSSR count). The summed E-state index contributed by atoms with van der Waals surface area (Å²) < 4.78 is 0. The molecule has 3 aliphatic rings. The average molecular weight is 142 g/mol. The number of rotatable bonds is 1. The number of nitrogens with zero attached hydrogens (tertiary/aromatic N) is 1. The first kappa shape index (κ1) is 6.54. The fourth-order valence-corrected chi connectivity index (χ4v) is 1.79. The van der Waals surface area contributed by atoms with Crippen LogP contribution in [-0.2, 0) is 0 Å². The molecule has 4 nitrogen and oxygen atoms in total. The lowest BCUT2D eigenvalue weighted by atomic mass is 9.91. The summed E-state index contributed by atoms with van der Waals surface area (Å²) in [6.45, 7) is 2.04. The fourth-order valence-electron chi connectivity index (χ4n) is 1.79. The van der Waals surface area contributed by atoms with Gasteiger partial charge in [-0.2, -0.15) is 0 Å². The molecule has 0 aromatic carbocycles. The number of piperidine rings is 1. The van der Waals surface area contributed by atoms with Crippen LogP contribution in [0, 0.1) is 0 Å². The summed E-state index contributed by atoms with van der Waals surface area (Å²) in [4.78, 5) is 2.12. The van der Waals surface area contributed by atoms with Gasteiger partial charge in [-0.25, -0.2) is 0 Å². The van der Waals surface area contributed by atoms with Crippen molar-refractivity contribution in [3.05, 3.63) is 0 Å². The van der Waals surface area contributed by atoms with Crippen LogP contribution in [0.1, 0.15) is 6.42 Å². The van der Waals surface area contributed by atoms with Crippen LogP contribution < -0.4 is 16.8 Å². The van der Waals surface area contributed by atoms with Crippen LogP contribution in [0.5, 0.6) is 0 Å². The van der Waals surface area contributed by atoms with Gasteiger partial charge in [0, 0.05) is 25.2 Å². The van der Waals surface area contributed by atoms with Gasteiger partial charge in [0.05, 0.1) is 0 Å². The molecule has 2 bridgehead atoms. The molecule has 0 aliphatic carbocycles. The van der Waals surface area contributed by atoms with E-state index in [4.69, 9.17) is 11.5 Å². The van der Waals surface area contributed by atoms with Crippen LogP contribution in [0.4, 0.5) is 0 Å². The van der Waals surface area contributed by atoms with Gasteiger partial charge in [0.15, 0.2) is 0 Å². The second kappa shape index (κ2) is 2.17. The molecule has 2 atom stereocenters. The van der Waals surface area contributed by atoms with Crippen LogP contribution in [0.3, 0.4) is 0 Å². The Hall–Kier alpha value is -0.160. The molecule has 3 heterocycles. The van der Waals surface area contributed by atoms with E-state index in [1.54, 1.807) is 0 Å². The van der Waals surface area contributed by atoms with Crippen molar-refractivity contribution in [3.8, 4) is 0 Å². The zero-order valence-corrected chi connectivity index (χ0v) is 5.96. The van der Waals surface area contributed by atoms with Crippen LogP contribution >= 0.6 is 0 Å². The number of hydrogen-bond donors (Lipinski definition) is 3.